The first-order chi connectivity index (χ1) is 6.29. The van der Waals surface area contributed by atoms with E-state index in [2.05, 4.69) is 11.9 Å². The van der Waals surface area contributed by atoms with E-state index in [1.54, 1.807) is 0 Å². The van der Waals surface area contributed by atoms with Gasteiger partial charge in [-0.3, -0.25) is 4.99 Å². The van der Waals surface area contributed by atoms with Crippen molar-refractivity contribution in [2.24, 2.45) is 16.6 Å². The highest BCUT2D eigenvalue weighted by atomic mass is 16.5. The Hall–Kier alpha value is -0.570. The molecular formula is C10H20N2O. The fourth-order valence-electron chi connectivity index (χ4n) is 1.37. The number of ether oxygens (including phenoxy) is 1. The molecule has 1 saturated carbocycles. The Bertz CT molecular complexity index is 176. The standard InChI is InChI=1S/C10H20N2O/c1-3-7-12-10(11)9(13-4-2)8-5-6-8/h8-9H,3-7H2,1-2H3,(H2,11,12). The Morgan fingerprint density at radius 3 is 2.69 bits per heavy atom. The molecule has 1 rings (SSSR count). The lowest BCUT2D eigenvalue weighted by molar-refractivity contribution is 0.0936. The maximum Gasteiger partial charge on any atom is 0.123 e. The number of aliphatic imine (C=N–C) groups is 1. The molecule has 0 bridgehead atoms. The van der Waals surface area contributed by atoms with E-state index >= 15 is 0 Å². The topological polar surface area (TPSA) is 47.6 Å². The molecule has 0 aromatic rings. The number of hydrogen-bond donors (Lipinski definition) is 1. The molecule has 1 aliphatic carbocycles. The van der Waals surface area contributed by atoms with Crippen LogP contribution >= 0.6 is 0 Å². The number of rotatable bonds is 6. The molecule has 1 aliphatic rings. The zero-order valence-corrected chi connectivity index (χ0v) is 8.62. The van der Waals surface area contributed by atoms with Gasteiger partial charge in [0.25, 0.3) is 0 Å². The zero-order chi connectivity index (χ0) is 9.68. The molecule has 0 saturated heterocycles. The minimum absolute atomic E-state index is 0.0940. The monoisotopic (exact) mass is 184 g/mol. The first kappa shape index (κ1) is 10.5. The highest BCUT2D eigenvalue weighted by molar-refractivity contribution is 5.85. The summed E-state index contributed by atoms with van der Waals surface area (Å²) in [5.41, 5.74) is 5.86. The number of nitrogens with zero attached hydrogens (tertiary/aromatic N) is 1. The quantitative estimate of drug-likeness (QED) is 0.503. The summed E-state index contributed by atoms with van der Waals surface area (Å²) >= 11 is 0. The maximum atomic E-state index is 5.86. The minimum atomic E-state index is 0.0940. The number of amidine groups is 1. The van der Waals surface area contributed by atoms with Crippen molar-refractivity contribution < 1.29 is 4.74 Å². The van der Waals surface area contributed by atoms with E-state index in [0.717, 1.165) is 19.6 Å². The van der Waals surface area contributed by atoms with Gasteiger partial charge < -0.3 is 10.5 Å². The summed E-state index contributed by atoms with van der Waals surface area (Å²) in [6, 6.07) is 0. The van der Waals surface area contributed by atoms with Crippen molar-refractivity contribution in [1.29, 1.82) is 0 Å². The molecule has 0 aliphatic heterocycles. The van der Waals surface area contributed by atoms with Crippen molar-refractivity contribution in [2.45, 2.75) is 39.2 Å². The molecule has 3 nitrogen and oxygen atoms in total. The molecule has 0 aromatic carbocycles. The number of nitrogens with two attached hydrogens (primary N) is 1. The molecule has 0 radical (unpaired) electrons. The van der Waals surface area contributed by atoms with Crippen molar-refractivity contribution in [3.8, 4) is 0 Å². The predicted octanol–water partition coefficient (Wildman–Crippen LogP) is 1.57. The molecule has 3 heteroatoms. The van der Waals surface area contributed by atoms with Crippen molar-refractivity contribution in [3.63, 3.8) is 0 Å². The predicted molar refractivity (Wildman–Crippen MR) is 54.9 cm³/mol. The molecule has 0 heterocycles. The van der Waals surface area contributed by atoms with Gasteiger partial charge in [0.05, 0.1) is 0 Å². The third-order valence-electron chi connectivity index (χ3n) is 2.21. The van der Waals surface area contributed by atoms with Crippen LogP contribution in [0, 0.1) is 5.92 Å². The molecule has 1 fully saturated rings. The molecule has 1 atom stereocenters. The van der Waals surface area contributed by atoms with Crippen LogP contribution in [0.25, 0.3) is 0 Å². The lowest BCUT2D eigenvalue weighted by atomic mass is 10.2. The lowest BCUT2D eigenvalue weighted by Crippen LogP contribution is -2.33. The first-order valence-corrected chi connectivity index (χ1v) is 5.21. The second-order valence-corrected chi connectivity index (χ2v) is 3.52. The Labute approximate surface area is 80.4 Å². The highest BCUT2D eigenvalue weighted by Gasteiger charge is 2.34. The van der Waals surface area contributed by atoms with Crippen LogP contribution in [-0.2, 0) is 4.74 Å². The van der Waals surface area contributed by atoms with Gasteiger partial charge in [-0.25, -0.2) is 0 Å². The molecule has 76 valence electrons. The van der Waals surface area contributed by atoms with Crippen LogP contribution in [0.4, 0.5) is 0 Å². The summed E-state index contributed by atoms with van der Waals surface area (Å²) in [7, 11) is 0. The SMILES string of the molecule is CCCN=C(N)C(OCC)C1CC1. The number of hydrogen-bond acceptors (Lipinski definition) is 2. The second kappa shape index (κ2) is 5.22. The molecular weight excluding hydrogens is 164 g/mol. The van der Waals surface area contributed by atoms with Crippen LogP contribution in [0.5, 0.6) is 0 Å². The summed E-state index contributed by atoms with van der Waals surface area (Å²) in [5, 5.41) is 0. The molecule has 0 aromatic heterocycles. The van der Waals surface area contributed by atoms with Gasteiger partial charge in [-0.15, -0.1) is 0 Å². The van der Waals surface area contributed by atoms with Crippen molar-refractivity contribution in [2.75, 3.05) is 13.2 Å². The minimum Gasteiger partial charge on any atom is -0.385 e. The van der Waals surface area contributed by atoms with Gasteiger partial charge in [0.1, 0.15) is 11.9 Å². The highest BCUT2D eigenvalue weighted by Crippen LogP contribution is 2.34. The normalized spacial score (nSPS) is 20.3. The van der Waals surface area contributed by atoms with Crippen LogP contribution in [0.2, 0.25) is 0 Å². The summed E-state index contributed by atoms with van der Waals surface area (Å²) in [5.74, 6) is 1.34. The Kier molecular flexibility index (Phi) is 4.22. The third kappa shape index (κ3) is 3.35. The molecule has 2 N–H and O–H groups in total. The summed E-state index contributed by atoms with van der Waals surface area (Å²) < 4.78 is 5.57. The van der Waals surface area contributed by atoms with E-state index in [9.17, 15) is 0 Å². The van der Waals surface area contributed by atoms with Crippen molar-refractivity contribution in [3.05, 3.63) is 0 Å². The molecule has 1 unspecified atom stereocenters. The average Bonchev–Trinajstić information content (AvgIpc) is 2.93. The van der Waals surface area contributed by atoms with Gasteiger partial charge in [0, 0.05) is 13.2 Å². The van der Waals surface area contributed by atoms with Crippen molar-refractivity contribution in [1.82, 2.24) is 0 Å². The van der Waals surface area contributed by atoms with E-state index in [4.69, 9.17) is 10.5 Å². The maximum absolute atomic E-state index is 5.86. The molecule has 0 amide bonds. The van der Waals surface area contributed by atoms with Gasteiger partial charge in [0.15, 0.2) is 0 Å². The molecule has 13 heavy (non-hydrogen) atoms. The lowest BCUT2D eigenvalue weighted by Gasteiger charge is -2.15. The average molecular weight is 184 g/mol. The van der Waals surface area contributed by atoms with Gasteiger partial charge in [-0.1, -0.05) is 6.92 Å². The van der Waals surface area contributed by atoms with E-state index in [1.165, 1.54) is 12.8 Å². The first-order valence-electron chi connectivity index (χ1n) is 5.21. The van der Waals surface area contributed by atoms with E-state index in [1.807, 2.05) is 6.92 Å². The Balaban J connectivity index is 2.42. The fourth-order valence-corrected chi connectivity index (χ4v) is 1.37. The van der Waals surface area contributed by atoms with Gasteiger partial charge in [-0.05, 0) is 32.1 Å². The van der Waals surface area contributed by atoms with Crippen molar-refractivity contribution >= 4 is 5.84 Å². The summed E-state index contributed by atoms with van der Waals surface area (Å²) in [6.45, 7) is 5.65. The van der Waals surface area contributed by atoms with Crippen LogP contribution in [-0.4, -0.2) is 25.1 Å². The molecule has 0 spiro atoms. The van der Waals surface area contributed by atoms with E-state index < -0.39 is 0 Å². The third-order valence-corrected chi connectivity index (χ3v) is 2.21. The largest absolute Gasteiger partial charge is 0.385 e. The zero-order valence-electron chi connectivity index (χ0n) is 8.62. The van der Waals surface area contributed by atoms with E-state index in [-0.39, 0.29) is 6.10 Å². The van der Waals surface area contributed by atoms with Gasteiger partial charge >= 0.3 is 0 Å². The van der Waals surface area contributed by atoms with Gasteiger partial charge in [0.2, 0.25) is 0 Å². The Morgan fingerprint density at radius 1 is 1.54 bits per heavy atom. The van der Waals surface area contributed by atoms with Crippen LogP contribution in [0.1, 0.15) is 33.1 Å². The van der Waals surface area contributed by atoms with Crippen LogP contribution < -0.4 is 5.73 Å². The summed E-state index contributed by atoms with van der Waals surface area (Å²) in [4.78, 5) is 4.29. The van der Waals surface area contributed by atoms with E-state index in [0.29, 0.717) is 11.8 Å². The summed E-state index contributed by atoms with van der Waals surface area (Å²) in [6.07, 6.45) is 3.63. The Morgan fingerprint density at radius 2 is 2.23 bits per heavy atom. The fraction of sp³-hybridized carbons (Fsp3) is 0.900. The van der Waals surface area contributed by atoms with Gasteiger partial charge in [-0.2, -0.15) is 0 Å². The second-order valence-electron chi connectivity index (χ2n) is 3.52. The van der Waals surface area contributed by atoms with Crippen LogP contribution in [0.15, 0.2) is 4.99 Å². The van der Waals surface area contributed by atoms with Crippen LogP contribution in [0.3, 0.4) is 0 Å². The smallest absolute Gasteiger partial charge is 0.123 e.